The number of benzene rings is 1. The van der Waals surface area contributed by atoms with E-state index in [2.05, 4.69) is 9.98 Å². The highest BCUT2D eigenvalue weighted by Crippen LogP contribution is 2.18. The van der Waals surface area contributed by atoms with Gasteiger partial charge in [0.1, 0.15) is 0 Å². The molecule has 0 N–H and O–H groups in total. The van der Waals surface area contributed by atoms with E-state index in [1.165, 1.54) is 11.8 Å². The highest BCUT2D eigenvalue weighted by atomic mass is 35.5. The molecule has 1 rings (SSSR count). The van der Waals surface area contributed by atoms with Gasteiger partial charge in [-0.1, -0.05) is 23.4 Å². The molecule has 0 saturated carbocycles. The van der Waals surface area contributed by atoms with Crippen LogP contribution in [-0.4, -0.2) is 36.8 Å². The molecule has 0 spiro atoms. The maximum atomic E-state index is 5.79. The molecule has 0 aromatic heterocycles. The summed E-state index contributed by atoms with van der Waals surface area (Å²) < 4.78 is 0. The van der Waals surface area contributed by atoms with Crippen molar-refractivity contribution < 1.29 is 0 Å². The Morgan fingerprint density at radius 1 is 1.31 bits per heavy atom. The van der Waals surface area contributed by atoms with Gasteiger partial charge in [0, 0.05) is 19.1 Å². The smallest absolute Gasteiger partial charge is 0.189 e. The van der Waals surface area contributed by atoms with Gasteiger partial charge in [0.15, 0.2) is 5.17 Å². The van der Waals surface area contributed by atoms with E-state index >= 15 is 0 Å². The lowest BCUT2D eigenvalue weighted by Gasteiger charge is -2.02. The molecule has 0 aliphatic carbocycles. The lowest BCUT2D eigenvalue weighted by Crippen LogP contribution is -2.08. The van der Waals surface area contributed by atoms with E-state index in [0.717, 1.165) is 10.9 Å². The van der Waals surface area contributed by atoms with Crippen LogP contribution in [0.15, 0.2) is 34.3 Å². The topological polar surface area (TPSA) is 28.0 Å². The second kappa shape index (κ2) is 6.55. The van der Waals surface area contributed by atoms with Crippen LogP contribution in [0, 0.1) is 0 Å². The predicted molar refractivity (Wildman–Crippen MR) is 74.2 cm³/mol. The van der Waals surface area contributed by atoms with Crippen LogP contribution in [0.5, 0.6) is 0 Å². The Balaban J connectivity index is 2.83. The largest absolute Gasteiger partial charge is 0.369 e. The maximum Gasteiger partial charge on any atom is 0.189 e. The summed E-state index contributed by atoms with van der Waals surface area (Å²) >= 11 is 7.30. The molecule has 0 aliphatic heterocycles. The summed E-state index contributed by atoms with van der Waals surface area (Å²) in [4.78, 5) is 10.5. The number of rotatable bonds is 2. The molecule has 0 amide bonds. The molecule has 86 valence electrons. The number of aliphatic imine (C=N–C) groups is 2. The summed E-state index contributed by atoms with van der Waals surface area (Å²) in [7, 11) is 3.84. The first kappa shape index (κ1) is 13.1. The molecule has 0 unspecified atom stereocenters. The minimum absolute atomic E-state index is 0.710. The molecule has 0 saturated heterocycles. The molecule has 1 aromatic rings. The lowest BCUT2D eigenvalue weighted by atomic mass is 10.3. The van der Waals surface area contributed by atoms with Crippen LogP contribution >= 0.6 is 23.4 Å². The molecule has 3 nitrogen and oxygen atoms in total. The number of halogens is 1. The second-order valence-electron chi connectivity index (χ2n) is 3.28. The molecule has 0 fully saturated rings. The minimum atomic E-state index is 0.710. The Hall–Kier alpha value is -1.00. The van der Waals surface area contributed by atoms with Gasteiger partial charge in [0.2, 0.25) is 0 Å². The van der Waals surface area contributed by atoms with E-state index in [0.29, 0.717) is 5.02 Å². The number of thioether (sulfide) groups is 1. The van der Waals surface area contributed by atoms with Crippen molar-refractivity contribution >= 4 is 40.6 Å². The average Bonchev–Trinajstić information content (AvgIpc) is 2.26. The van der Waals surface area contributed by atoms with Crippen LogP contribution in [0.1, 0.15) is 0 Å². The first-order valence-corrected chi connectivity index (χ1v) is 6.31. The van der Waals surface area contributed by atoms with Crippen molar-refractivity contribution in [2.24, 2.45) is 9.98 Å². The third-order valence-corrected chi connectivity index (χ3v) is 2.45. The zero-order valence-corrected chi connectivity index (χ0v) is 11.1. The van der Waals surface area contributed by atoms with Crippen molar-refractivity contribution in [3.8, 4) is 0 Å². The fourth-order valence-corrected chi connectivity index (χ4v) is 1.39. The van der Waals surface area contributed by atoms with Gasteiger partial charge in [-0.3, -0.25) is 0 Å². The van der Waals surface area contributed by atoms with Crippen molar-refractivity contribution in [1.29, 1.82) is 0 Å². The Morgan fingerprint density at radius 3 is 2.44 bits per heavy atom. The third-order valence-electron chi connectivity index (χ3n) is 1.63. The van der Waals surface area contributed by atoms with E-state index < -0.39 is 0 Å². The SMILES string of the molecule is CSC(=Nc1ccc(Cl)cc1)/N=C/N(C)C. The standard InChI is InChI=1S/C11H14ClN3S/c1-15(2)8-13-11(16-3)14-10-6-4-9(12)5-7-10/h4-8H,1-3H3/b13-8+,14-11?. The van der Waals surface area contributed by atoms with Crippen molar-refractivity contribution in [3.63, 3.8) is 0 Å². The molecule has 16 heavy (non-hydrogen) atoms. The van der Waals surface area contributed by atoms with Crippen LogP contribution in [0.2, 0.25) is 5.02 Å². The Kier molecular flexibility index (Phi) is 5.35. The van der Waals surface area contributed by atoms with Crippen LogP contribution in [0.4, 0.5) is 5.69 Å². The van der Waals surface area contributed by atoms with Crippen molar-refractivity contribution in [1.82, 2.24) is 4.90 Å². The van der Waals surface area contributed by atoms with Gasteiger partial charge in [-0.25, -0.2) is 9.98 Å². The molecule has 0 bridgehead atoms. The van der Waals surface area contributed by atoms with Crippen molar-refractivity contribution in [2.45, 2.75) is 0 Å². The van der Waals surface area contributed by atoms with Gasteiger partial charge in [0.25, 0.3) is 0 Å². The highest BCUT2D eigenvalue weighted by molar-refractivity contribution is 8.13. The summed E-state index contributed by atoms with van der Waals surface area (Å²) in [6.45, 7) is 0. The fraction of sp³-hybridized carbons (Fsp3) is 0.273. The van der Waals surface area contributed by atoms with Gasteiger partial charge < -0.3 is 4.90 Å². The first-order chi connectivity index (χ1) is 7.61. The van der Waals surface area contributed by atoms with Gasteiger partial charge in [0.05, 0.1) is 12.0 Å². The first-order valence-electron chi connectivity index (χ1n) is 4.70. The Labute approximate surface area is 105 Å². The monoisotopic (exact) mass is 255 g/mol. The minimum Gasteiger partial charge on any atom is -0.369 e. The third kappa shape index (κ3) is 4.68. The summed E-state index contributed by atoms with van der Waals surface area (Å²) in [6.07, 6.45) is 3.67. The van der Waals surface area contributed by atoms with Gasteiger partial charge in [-0.05, 0) is 30.5 Å². The molecule has 5 heteroatoms. The Bertz CT molecular complexity index is 385. The molecule has 0 radical (unpaired) electrons. The molecule has 0 heterocycles. The van der Waals surface area contributed by atoms with Crippen molar-refractivity contribution in [2.75, 3.05) is 20.4 Å². The zero-order valence-electron chi connectivity index (χ0n) is 9.51. The number of amidine groups is 1. The predicted octanol–water partition coefficient (Wildman–Crippen LogP) is 3.28. The van der Waals surface area contributed by atoms with E-state index in [9.17, 15) is 0 Å². The number of nitrogens with zero attached hydrogens (tertiary/aromatic N) is 3. The van der Waals surface area contributed by atoms with Crippen LogP contribution in [0.3, 0.4) is 0 Å². The van der Waals surface area contributed by atoms with E-state index in [1.807, 2.05) is 49.5 Å². The number of hydrogen-bond acceptors (Lipinski definition) is 2. The second-order valence-corrected chi connectivity index (χ2v) is 4.49. The lowest BCUT2D eigenvalue weighted by molar-refractivity contribution is 0.644. The summed E-state index contributed by atoms with van der Waals surface area (Å²) in [6, 6.07) is 7.36. The fourth-order valence-electron chi connectivity index (χ4n) is 0.918. The molecule has 0 aliphatic rings. The van der Waals surface area contributed by atoms with Crippen LogP contribution in [-0.2, 0) is 0 Å². The molecular formula is C11H14ClN3S. The zero-order chi connectivity index (χ0) is 12.0. The van der Waals surface area contributed by atoms with E-state index in [4.69, 9.17) is 11.6 Å². The summed E-state index contributed by atoms with van der Waals surface area (Å²) in [5.41, 5.74) is 0.852. The highest BCUT2D eigenvalue weighted by Gasteiger charge is 1.95. The summed E-state index contributed by atoms with van der Waals surface area (Å²) in [5, 5.41) is 1.43. The van der Waals surface area contributed by atoms with Crippen LogP contribution < -0.4 is 0 Å². The van der Waals surface area contributed by atoms with E-state index in [1.54, 1.807) is 6.34 Å². The summed E-state index contributed by atoms with van der Waals surface area (Å²) in [5.74, 6) is 0. The number of hydrogen-bond donors (Lipinski definition) is 0. The average molecular weight is 256 g/mol. The molecule has 0 atom stereocenters. The Morgan fingerprint density at radius 2 is 1.94 bits per heavy atom. The molecular weight excluding hydrogens is 242 g/mol. The molecule has 1 aromatic carbocycles. The van der Waals surface area contributed by atoms with Crippen LogP contribution in [0.25, 0.3) is 0 Å². The quantitative estimate of drug-likeness (QED) is 0.599. The van der Waals surface area contributed by atoms with E-state index in [-0.39, 0.29) is 0 Å². The maximum absolute atomic E-state index is 5.79. The van der Waals surface area contributed by atoms with Gasteiger partial charge in [-0.2, -0.15) is 0 Å². The van der Waals surface area contributed by atoms with Gasteiger partial charge >= 0.3 is 0 Å². The van der Waals surface area contributed by atoms with Crippen molar-refractivity contribution in [3.05, 3.63) is 29.3 Å². The normalized spacial score (nSPS) is 12.1. The van der Waals surface area contributed by atoms with Gasteiger partial charge in [-0.15, -0.1) is 0 Å².